The largest absolute Gasteiger partial charge is 0.383 e. The predicted octanol–water partition coefficient (Wildman–Crippen LogP) is 1.01. The van der Waals surface area contributed by atoms with E-state index in [0.29, 0.717) is 19.4 Å². The second-order valence-corrected chi connectivity index (χ2v) is 4.58. The van der Waals surface area contributed by atoms with Gasteiger partial charge in [0.2, 0.25) is 5.91 Å². The zero-order chi connectivity index (χ0) is 14.7. The molecule has 1 fully saturated rings. The molecule has 0 aliphatic carbocycles. The third-order valence-electron chi connectivity index (χ3n) is 3.16. The van der Waals surface area contributed by atoms with Gasteiger partial charge in [0.15, 0.2) is 0 Å². The van der Waals surface area contributed by atoms with Crippen molar-refractivity contribution in [3.8, 4) is 0 Å². The fourth-order valence-corrected chi connectivity index (χ4v) is 2.07. The summed E-state index contributed by atoms with van der Waals surface area (Å²) in [7, 11) is 1.39. The third-order valence-corrected chi connectivity index (χ3v) is 3.16. The lowest BCUT2D eigenvalue weighted by Gasteiger charge is -2.23. The van der Waals surface area contributed by atoms with Gasteiger partial charge in [-0.05, 0) is 18.6 Å². The Morgan fingerprint density at radius 2 is 2.00 bits per heavy atom. The number of carbonyl (C=O) groups excluding carboxylic acids is 2. The molecule has 1 heterocycles. The lowest BCUT2D eigenvalue weighted by Crippen LogP contribution is -2.47. The molecule has 0 spiro atoms. The molecule has 0 bridgehead atoms. The molecule has 1 aliphatic rings. The molecular weight excluding hydrogens is 268 g/mol. The van der Waals surface area contributed by atoms with Gasteiger partial charge in [-0.25, -0.2) is 8.78 Å². The first-order valence-electron chi connectivity index (χ1n) is 6.25. The lowest BCUT2D eigenvalue weighted by molar-refractivity contribution is -0.122. The third kappa shape index (κ3) is 3.04. The number of hydrogen-bond donors (Lipinski definition) is 3. The Bertz CT molecular complexity index is 515. The molecule has 20 heavy (non-hydrogen) atoms. The first-order chi connectivity index (χ1) is 9.51. The molecule has 2 amide bonds. The van der Waals surface area contributed by atoms with Crippen LogP contribution in [0.25, 0.3) is 0 Å². The van der Waals surface area contributed by atoms with E-state index >= 15 is 0 Å². The Labute approximate surface area is 114 Å². The highest BCUT2D eigenvalue weighted by Gasteiger charge is 2.21. The van der Waals surface area contributed by atoms with Crippen molar-refractivity contribution >= 4 is 17.5 Å². The number of amides is 2. The van der Waals surface area contributed by atoms with Crippen molar-refractivity contribution in [2.45, 2.75) is 18.9 Å². The number of hydrogen-bond acceptors (Lipinski definition) is 3. The molecule has 1 aromatic carbocycles. The quantitative estimate of drug-likeness (QED) is 0.775. The van der Waals surface area contributed by atoms with Crippen molar-refractivity contribution in [1.82, 2.24) is 10.6 Å². The van der Waals surface area contributed by atoms with Gasteiger partial charge in [0.05, 0.1) is 0 Å². The van der Waals surface area contributed by atoms with Crippen LogP contribution in [-0.2, 0) is 4.79 Å². The van der Waals surface area contributed by atoms with Gasteiger partial charge in [-0.1, -0.05) is 0 Å². The molecule has 1 saturated heterocycles. The van der Waals surface area contributed by atoms with Crippen LogP contribution in [0.4, 0.5) is 14.5 Å². The number of piperidine rings is 1. The Kier molecular flexibility index (Phi) is 4.16. The van der Waals surface area contributed by atoms with Crippen LogP contribution in [0.2, 0.25) is 0 Å². The van der Waals surface area contributed by atoms with E-state index in [-0.39, 0.29) is 23.2 Å². The molecule has 1 aliphatic heterocycles. The highest BCUT2D eigenvalue weighted by atomic mass is 19.1. The fourth-order valence-electron chi connectivity index (χ4n) is 2.07. The highest BCUT2D eigenvalue weighted by molar-refractivity contribution is 5.95. The average Bonchev–Trinajstić information content (AvgIpc) is 2.41. The number of carbonyl (C=O) groups is 2. The van der Waals surface area contributed by atoms with Crippen LogP contribution in [0, 0.1) is 11.6 Å². The molecule has 0 aromatic heterocycles. The topological polar surface area (TPSA) is 70.2 Å². The zero-order valence-corrected chi connectivity index (χ0v) is 10.9. The summed E-state index contributed by atoms with van der Waals surface area (Å²) in [6.45, 7) is 0.324. The van der Waals surface area contributed by atoms with Crippen molar-refractivity contribution < 1.29 is 18.4 Å². The van der Waals surface area contributed by atoms with E-state index in [1.807, 2.05) is 0 Å². The lowest BCUT2D eigenvalue weighted by atomic mass is 10.1. The summed E-state index contributed by atoms with van der Waals surface area (Å²) in [5.74, 6) is -2.28. The number of benzene rings is 1. The Morgan fingerprint density at radius 1 is 1.35 bits per heavy atom. The summed E-state index contributed by atoms with van der Waals surface area (Å²) in [4.78, 5) is 22.9. The van der Waals surface area contributed by atoms with Gasteiger partial charge in [-0.15, -0.1) is 0 Å². The van der Waals surface area contributed by atoms with Crippen molar-refractivity contribution in [2.75, 3.05) is 18.9 Å². The summed E-state index contributed by atoms with van der Waals surface area (Å²) < 4.78 is 27.1. The second-order valence-electron chi connectivity index (χ2n) is 4.58. The van der Waals surface area contributed by atoms with Gasteiger partial charge < -0.3 is 16.0 Å². The van der Waals surface area contributed by atoms with Gasteiger partial charge in [0.1, 0.15) is 17.3 Å². The average molecular weight is 283 g/mol. The van der Waals surface area contributed by atoms with Gasteiger partial charge >= 0.3 is 0 Å². The Hall–Kier alpha value is -2.18. The summed E-state index contributed by atoms with van der Waals surface area (Å²) in [6.07, 6.45) is 0.837. The van der Waals surface area contributed by atoms with Crippen molar-refractivity contribution in [1.29, 1.82) is 0 Å². The van der Waals surface area contributed by atoms with Crippen LogP contribution in [0.5, 0.6) is 0 Å². The van der Waals surface area contributed by atoms with Crippen LogP contribution in [0.1, 0.15) is 23.2 Å². The molecule has 1 aromatic rings. The maximum absolute atomic E-state index is 13.6. The van der Waals surface area contributed by atoms with E-state index in [9.17, 15) is 18.4 Å². The molecule has 0 saturated carbocycles. The number of nitrogens with one attached hydrogen (secondary N) is 3. The number of rotatable bonds is 3. The zero-order valence-electron chi connectivity index (χ0n) is 10.9. The molecule has 2 rings (SSSR count). The molecule has 108 valence electrons. The van der Waals surface area contributed by atoms with E-state index in [0.717, 1.165) is 12.1 Å². The summed E-state index contributed by atoms with van der Waals surface area (Å²) in [5.41, 5.74) is -0.359. The van der Waals surface area contributed by atoms with Crippen LogP contribution >= 0.6 is 0 Å². The first-order valence-corrected chi connectivity index (χ1v) is 6.25. The van der Waals surface area contributed by atoms with E-state index in [1.165, 1.54) is 7.05 Å². The van der Waals surface area contributed by atoms with E-state index in [4.69, 9.17) is 0 Å². The fraction of sp³-hybridized carbons (Fsp3) is 0.385. The van der Waals surface area contributed by atoms with Gasteiger partial charge in [0, 0.05) is 31.6 Å². The van der Waals surface area contributed by atoms with E-state index in [2.05, 4.69) is 16.0 Å². The number of halogens is 2. The van der Waals surface area contributed by atoms with Gasteiger partial charge in [-0.3, -0.25) is 9.59 Å². The molecule has 3 N–H and O–H groups in total. The smallest absolute Gasteiger partial charge is 0.251 e. The highest BCUT2D eigenvalue weighted by Crippen LogP contribution is 2.20. The Morgan fingerprint density at radius 3 is 2.50 bits per heavy atom. The minimum absolute atomic E-state index is 0.0639. The Balaban J connectivity index is 2.08. The van der Waals surface area contributed by atoms with Crippen LogP contribution in [0.3, 0.4) is 0 Å². The molecule has 5 nitrogen and oxygen atoms in total. The summed E-state index contributed by atoms with van der Waals surface area (Å²) in [5, 5.41) is 7.65. The maximum Gasteiger partial charge on any atom is 0.251 e. The van der Waals surface area contributed by atoms with Gasteiger partial charge in [-0.2, -0.15) is 0 Å². The van der Waals surface area contributed by atoms with Crippen LogP contribution < -0.4 is 16.0 Å². The summed E-state index contributed by atoms with van der Waals surface area (Å²) >= 11 is 0. The molecule has 0 radical (unpaired) electrons. The second kappa shape index (κ2) is 5.85. The van der Waals surface area contributed by atoms with E-state index in [1.54, 1.807) is 0 Å². The van der Waals surface area contributed by atoms with E-state index < -0.39 is 17.5 Å². The van der Waals surface area contributed by atoms with Crippen LogP contribution in [-0.4, -0.2) is 31.4 Å². The minimum Gasteiger partial charge on any atom is -0.383 e. The predicted molar refractivity (Wildman–Crippen MR) is 69.4 cm³/mol. The van der Waals surface area contributed by atoms with Crippen molar-refractivity contribution in [3.05, 3.63) is 29.3 Å². The molecule has 1 unspecified atom stereocenters. The minimum atomic E-state index is -0.824. The number of anilines is 1. The summed E-state index contributed by atoms with van der Waals surface area (Å²) in [6, 6.07) is 1.73. The molecular formula is C13H15F2N3O2. The van der Waals surface area contributed by atoms with Crippen molar-refractivity contribution in [2.24, 2.45) is 0 Å². The normalized spacial score (nSPS) is 18.4. The monoisotopic (exact) mass is 283 g/mol. The SMILES string of the molecule is CNc1c(F)cc(C(=O)NC2CCC(=O)NC2)cc1F. The van der Waals surface area contributed by atoms with Gasteiger partial charge in [0.25, 0.3) is 5.91 Å². The van der Waals surface area contributed by atoms with Crippen molar-refractivity contribution in [3.63, 3.8) is 0 Å². The molecule has 1 atom stereocenters. The van der Waals surface area contributed by atoms with Crippen LogP contribution in [0.15, 0.2) is 12.1 Å². The first kappa shape index (κ1) is 14.2. The maximum atomic E-state index is 13.6. The molecule has 7 heteroatoms. The standard InChI is InChI=1S/C13H15F2N3O2/c1-16-12-9(14)4-7(5-10(12)15)13(20)18-8-2-3-11(19)17-6-8/h4-5,8,16H,2-3,6H2,1H3,(H,17,19)(H,18,20).